The highest BCUT2D eigenvalue weighted by Crippen LogP contribution is 2.37. The highest BCUT2D eigenvalue weighted by molar-refractivity contribution is 5.89. The van der Waals surface area contributed by atoms with Crippen LogP contribution >= 0.6 is 0 Å². The molecule has 3 heterocycles. The van der Waals surface area contributed by atoms with E-state index in [1.54, 1.807) is 10.9 Å². The molecule has 1 aliphatic carbocycles. The number of nitrogens with zero attached hydrogens (tertiary/aromatic N) is 5. The number of hydrogen-bond donors (Lipinski definition) is 2. The maximum Gasteiger partial charge on any atom is 0.231 e. The first kappa shape index (κ1) is 14.0. The zero-order valence-electron chi connectivity index (χ0n) is 13.6. The molecule has 1 fully saturated rings. The second kappa shape index (κ2) is 5.26. The Balaban J connectivity index is 1.71. The summed E-state index contributed by atoms with van der Waals surface area (Å²) in [6, 6.07) is 2.52. The molecule has 3 aromatic rings. The average molecular weight is 311 g/mol. The molecule has 4 rings (SSSR count). The maximum atomic E-state index is 4.76. The van der Waals surface area contributed by atoms with Gasteiger partial charge in [-0.05, 0) is 31.7 Å². The van der Waals surface area contributed by atoms with E-state index in [1.807, 2.05) is 25.5 Å². The Morgan fingerprint density at radius 2 is 2.22 bits per heavy atom. The van der Waals surface area contributed by atoms with Gasteiger partial charge in [0.1, 0.15) is 11.5 Å². The topological polar surface area (TPSA) is 74.7 Å². The Morgan fingerprint density at radius 1 is 1.39 bits per heavy atom. The summed E-state index contributed by atoms with van der Waals surface area (Å²) in [5.74, 6) is 2.32. The average Bonchev–Trinajstić information content (AvgIpc) is 3.15. The molecule has 1 atom stereocenters. The predicted molar refractivity (Wildman–Crippen MR) is 91.0 cm³/mol. The van der Waals surface area contributed by atoms with Gasteiger partial charge in [0.15, 0.2) is 0 Å². The number of aromatic nitrogens is 5. The van der Waals surface area contributed by atoms with Crippen LogP contribution in [-0.4, -0.2) is 37.8 Å². The lowest BCUT2D eigenvalue weighted by atomic mass is 10.2. The maximum absolute atomic E-state index is 4.76. The Hall–Kier alpha value is -2.57. The summed E-state index contributed by atoms with van der Waals surface area (Å²) in [6.45, 7) is 2.27. The third-order valence-corrected chi connectivity index (χ3v) is 4.61. The highest BCUT2D eigenvalue weighted by Gasteiger charge is 2.32. The summed E-state index contributed by atoms with van der Waals surface area (Å²) in [4.78, 5) is 14.8. The summed E-state index contributed by atoms with van der Waals surface area (Å²) in [5, 5.41) is 8.45. The van der Waals surface area contributed by atoms with Crippen molar-refractivity contribution in [2.75, 3.05) is 17.3 Å². The Labute approximate surface area is 134 Å². The molecular formula is C16H21N7. The van der Waals surface area contributed by atoms with E-state index >= 15 is 0 Å². The van der Waals surface area contributed by atoms with E-state index in [0.29, 0.717) is 12.0 Å². The molecule has 0 aliphatic heterocycles. The zero-order chi connectivity index (χ0) is 16.0. The van der Waals surface area contributed by atoms with Crippen molar-refractivity contribution >= 4 is 28.5 Å². The van der Waals surface area contributed by atoms with Gasteiger partial charge in [-0.1, -0.05) is 0 Å². The molecule has 0 bridgehead atoms. The van der Waals surface area contributed by atoms with Crippen molar-refractivity contribution < 1.29 is 0 Å². The monoisotopic (exact) mass is 311 g/mol. The summed E-state index contributed by atoms with van der Waals surface area (Å²) in [7, 11) is 4.00. The van der Waals surface area contributed by atoms with Gasteiger partial charge in [-0.15, -0.1) is 0 Å². The molecule has 2 N–H and O–H groups in total. The largest absolute Gasteiger partial charge is 0.356 e. The van der Waals surface area contributed by atoms with Gasteiger partial charge < -0.3 is 15.2 Å². The van der Waals surface area contributed by atoms with Crippen LogP contribution < -0.4 is 10.2 Å². The lowest BCUT2D eigenvalue weighted by Crippen LogP contribution is -2.31. The van der Waals surface area contributed by atoms with Crippen molar-refractivity contribution in [1.29, 1.82) is 0 Å². The number of aryl methyl sites for hydroxylation is 1. The van der Waals surface area contributed by atoms with Crippen LogP contribution in [0.4, 0.5) is 17.5 Å². The first-order valence-electron chi connectivity index (χ1n) is 7.95. The highest BCUT2D eigenvalue weighted by atomic mass is 15.3. The van der Waals surface area contributed by atoms with E-state index in [9.17, 15) is 0 Å². The van der Waals surface area contributed by atoms with E-state index in [4.69, 9.17) is 4.98 Å². The molecule has 0 saturated heterocycles. The second-order valence-corrected chi connectivity index (χ2v) is 6.33. The van der Waals surface area contributed by atoms with Gasteiger partial charge in [0.25, 0.3) is 0 Å². The molecule has 23 heavy (non-hydrogen) atoms. The van der Waals surface area contributed by atoms with Crippen LogP contribution in [0.25, 0.3) is 11.0 Å². The molecule has 7 heteroatoms. The summed E-state index contributed by atoms with van der Waals surface area (Å²) in [6.07, 6.45) is 8.20. The molecule has 3 aromatic heterocycles. The second-order valence-electron chi connectivity index (χ2n) is 6.33. The fraction of sp³-hybridized carbons (Fsp3) is 0.438. The number of rotatable bonds is 5. The standard InChI is InChI=1S/C16H21N7/c1-10(11-4-5-11)23(3)15-13-6-7-17-14(13)20-16(21-15)19-12-8-18-22(2)9-12/h6-11H,4-5H2,1-3H3,(H2,17,19,20,21)/t10-/m0/s1. The molecule has 0 aromatic carbocycles. The van der Waals surface area contributed by atoms with Crippen molar-refractivity contribution in [1.82, 2.24) is 24.7 Å². The number of fused-ring (bicyclic) bond motifs is 1. The number of H-pyrrole nitrogens is 1. The normalized spacial score (nSPS) is 15.8. The minimum Gasteiger partial charge on any atom is -0.356 e. The molecule has 0 amide bonds. The van der Waals surface area contributed by atoms with E-state index in [2.05, 4.69) is 39.3 Å². The fourth-order valence-corrected chi connectivity index (χ4v) is 2.95. The minimum absolute atomic E-state index is 0.481. The van der Waals surface area contributed by atoms with Crippen LogP contribution in [0.2, 0.25) is 0 Å². The van der Waals surface area contributed by atoms with Crippen LogP contribution in [0.3, 0.4) is 0 Å². The van der Waals surface area contributed by atoms with Gasteiger partial charge in [0.05, 0.1) is 17.3 Å². The van der Waals surface area contributed by atoms with E-state index in [-0.39, 0.29) is 0 Å². The van der Waals surface area contributed by atoms with E-state index in [1.165, 1.54) is 12.8 Å². The van der Waals surface area contributed by atoms with Crippen molar-refractivity contribution in [3.8, 4) is 0 Å². The summed E-state index contributed by atoms with van der Waals surface area (Å²) < 4.78 is 1.75. The molecule has 0 radical (unpaired) electrons. The first-order chi connectivity index (χ1) is 11.1. The summed E-state index contributed by atoms with van der Waals surface area (Å²) >= 11 is 0. The van der Waals surface area contributed by atoms with Crippen LogP contribution in [0, 0.1) is 5.92 Å². The van der Waals surface area contributed by atoms with Gasteiger partial charge in [-0.3, -0.25) is 4.68 Å². The van der Waals surface area contributed by atoms with Crippen LogP contribution in [0.5, 0.6) is 0 Å². The predicted octanol–water partition coefficient (Wildman–Crippen LogP) is 2.67. The quantitative estimate of drug-likeness (QED) is 0.758. The number of aromatic amines is 1. The van der Waals surface area contributed by atoms with Crippen molar-refractivity contribution in [2.45, 2.75) is 25.8 Å². The molecular weight excluding hydrogens is 290 g/mol. The van der Waals surface area contributed by atoms with Gasteiger partial charge in [-0.25, -0.2) is 0 Å². The number of anilines is 3. The van der Waals surface area contributed by atoms with Gasteiger partial charge in [-0.2, -0.15) is 15.1 Å². The SMILES string of the molecule is C[C@@H](C1CC1)N(C)c1nc(Nc2cnn(C)c2)nc2[nH]ccc12. The number of hydrogen-bond acceptors (Lipinski definition) is 5. The van der Waals surface area contributed by atoms with Gasteiger partial charge in [0, 0.05) is 32.5 Å². The van der Waals surface area contributed by atoms with Gasteiger partial charge >= 0.3 is 0 Å². The van der Waals surface area contributed by atoms with Crippen molar-refractivity contribution in [3.05, 3.63) is 24.7 Å². The Bertz CT molecular complexity index is 830. The fourth-order valence-electron chi connectivity index (χ4n) is 2.95. The van der Waals surface area contributed by atoms with Crippen LogP contribution in [-0.2, 0) is 7.05 Å². The minimum atomic E-state index is 0.481. The molecule has 1 aliphatic rings. The van der Waals surface area contributed by atoms with E-state index < -0.39 is 0 Å². The van der Waals surface area contributed by atoms with Crippen LogP contribution in [0.15, 0.2) is 24.7 Å². The first-order valence-corrected chi connectivity index (χ1v) is 7.95. The third kappa shape index (κ3) is 2.62. The summed E-state index contributed by atoms with van der Waals surface area (Å²) in [5.41, 5.74) is 1.72. The zero-order valence-corrected chi connectivity index (χ0v) is 13.6. The Morgan fingerprint density at radius 3 is 2.91 bits per heavy atom. The number of nitrogens with one attached hydrogen (secondary N) is 2. The van der Waals surface area contributed by atoms with Crippen LogP contribution in [0.1, 0.15) is 19.8 Å². The lowest BCUT2D eigenvalue weighted by Gasteiger charge is -2.26. The van der Waals surface area contributed by atoms with Crippen molar-refractivity contribution in [3.63, 3.8) is 0 Å². The molecule has 7 nitrogen and oxygen atoms in total. The smallest absolute Gasteiger partial charge is 0.231 e. The molecule has 0 spiro atoms. The molecule has 1 saturated carbocycles. The Kier molecular flexibility index (Phi) is 3.21. The lowest BCUT2D eigenvalue weighted by molar-refractivity contribution is 0.605. The van der Waals surface area contributed by atoms with Crippen molar-refractivity contribution in [2.24, 2.45) is 13.0 Å². The molecule has 120 valence electrons. The molecule has 0 unspecified atom stereocenters. The third-order valence-electron chi connectivity index (χ3n) is 4.61. The van der Waals surface area contributed by atoms with E-state index in [0.717, 1.165) is 28.5 Å². The van der Waals surface area contributed by atoms with Gasteiger partial charge in [0.2, 0.25) is 5.95 Å².